The summed E-state index contributed by atoms with van der Waals surface area (Å²) in [7, 11) is 2.07. The summed E-state index contributed by atoms with van der Waals surface area (Å²) >= 11 is 0. The maximum Gasteiger partial charge on any atom is 0.360 e. The second-order valence-electron chi connectivity index (χ2n) is 1.83. The van der Waals surface area contributed by atoms with Crippen molar-refractivity contribution in [2.24, 2.45) is 5.73 Å². The lowest BCUT2D eigenvalue weighted by Gasteiger charge is -2.06. The SMILES string of the molecule is COBNCC(N)CO. The zero-order valence-corrected chi connectivity index (χ0v) is 5.63. The Morgan fingerprint density at radius 1 is 1.89 bits per heavy atom. The summed E-state index contributed by atoms with van der Waals surface area (Å²) in [6, 6.07) is -0.180. The Morgan fingerprint density at radius 2 is 2.56 bits per heavy atom. The number of nitrogens with two attached hydrogens (primary N) is 1. The van der Waals surface area contributed by atoms with Gasteiger partial charge in [-0.25, -0.2) is 0 Å². The molecule has 0 spiro atoms. The molecule has 0 amide bonds. The van der Waals surface area contributed by atoms with Crippen LogP contribution in [0.3, 0.4) is 0 Å². The van der Waals surface area contributed by atoms with Gasteiger partial charge in [0.1, 0.15) is 0 Å². The summed E-state index contributed by atoms with van der Waals surface area (Å²) in [5, 5.41) is 11.3. The maximum atomic E-state index is 8.43. The number of hydrogen-bond donors (Lipinski definition) is 3. The summed E-state index contributed by atoms with van der Waals surface area (Å²) in [4.78, 5) is 0. The zero-order chi connectivity index (χ0) is 7.11. The lowest BCUT2D eigenvalue weighted by molar-refractivity contribution is 0.265. The molecule has 0 aromatic carbocycles. The van der Waals surface area contributed by atoms with Crippen molar-refractivity contribution in [2.75, 3.05) is 20.3 Å². The van der Waals surface area contributed by atoms with E-state index in [1.165, 1.54) is 0 Å². The molecule has 1 atom stereocenters. The predicted molar refractivity (Wildman–Crippen MR) is 37.2 cm³/mol. The molecule has 0 saturated carbocycles. The van der Waals surface area contributed by atoms with Gasteiger partial charge in [0.05, 0.1) is 6.61 Å². The molecule has 0 heterocycles. The minimum atomic E-state index is -0.180. The van der Waals surface area contributed by atoms with E-state index < -0.39 is 0 Å². The fraction of sp³-hybridized carbons (Fsp3) is 1.00. The van der Waals surface area contributed by atoms with E-state index in [9.17, 15) is 0 Å². The Hall–Kier alpha value is -0.0951. The summed E-state index contributed by atoms with van der Waals surface area (Å²) in [5.74, 6) is 0. The largest absolute Gasteiger partial charge is 0.427 e. The fourth-order valence-electron chi connectivity index (χ4n) is 0.411. The van der Waals surface area contributed by atoms with Gasteiger partial charge in [-0.15, -0.1) is 0 Å². The first kappa shape index (κ1) is 8.90. The molecule has 54 valence electrons. The minimum Gasteiger partial charge on any atom is -0.427 e. The molecule has 0 aliphatic rings. The number of rotatable bonds is 5. The zero-order valence-electron chi connectivity index (χ0n) is 5.63. The highest BCUT2D eigenvalue weighted by Crippen LogP contribution is 1.69. The van der Waals surface area contributed by atoms with Crippen molar-refractivity contribution in [3.05, 3.63) is 0 Å². The molecule has 1 unspecified atom stereocenters. The smallest absolute Gasteiger partial charge is 0.360 e. The molecule has 0 aromatic rings. The van der Waals surface area contributed by atoms with Gasteiger partial charge < -0.3 is 20.7 Å². The van der Waals surface area contributed by atoms with Crippen molar-refractivity contribution in [3.8, 4) is 0 Å². The van der Waals surface area contributed by atoms with E-state index in [2.05, 4.69) is 9.88 Å². The van der Waals surface area contributed by atoms with Gasteiger partial charge in [0, 0.05) is 19.7 Å². The van der Waals surface area contributed by atoms with E-state index >= 15 is 0 Å². The van der Waals surface area contributed by atoms with Crippen molar-refractivity contribution in [1.82, 2.24) is 5.23 Å². The van der Waals surface area contributed by atoms with Gasteiger partial charge in [-0.1, -0.05) is 0 Å². The molecule has 0 fully saturated rings. The van der Waals surface area contributed by atoms with E-state index in [0.29, 0.717) is 14.2 Å². The van der Waals surface area contributed by atoms with Crippen LogP contribution in [-0.2, 0) is 4.65 Å². The maximum absolute atomic E-state index is 8.43. The Morgan fingerprint density at radius 3 is 3.00 bits per heavy atom. The van der Waals surface area contributed by atoms with Crippen LogP contribution >= 0.6 is 0 Å². The van der Waals surface area contributed by atoms with E-state index in [1.54, 1.807) is 7.11 Å². The van der Waals surface area contributed by atoms with Crippen LogP contribution in [0.5, 0.6) is 0 Å². The Bertz CT molecular complexity index is 64.5. The topological polar surface area (TPSA) is 67.5 Å². The number of aliphatic hydroxyl groups excluding tert-OH is 1. The van der Waals surface area contributed by atoms with Gasteiger partial charge in [-0.05, 0) is 0 Å². The molecule has 5 heteroatoms. The van der Waals surface area contributed by atoms with Crippen molar-refractivity contribution in [3.63, 3.8) is 0 Å². The number of aliphatic hydroxyl groups is 1. The van der Waals surface area contributed by atoms with E-state index in [4.69, 9.17) is 10.8 Å². The Kier molecular flexibility index (Phi) is 5.97. The second kappa shape index (κ2) is 6.03. The first-order valence-corrected chi connectivity index (χ1v) is 2.87. The molecular weight excluding hydrogens is 119 g/mol. The van der Waals surface area contributed by atoms with Crippen LogP contribution in [0.2, 0.25) is 0 Å². The van der Waals surface area contributed by atoms with E-state index in [1.807, 2.05) is 0 Å². The second-order valence-corrected chi connectivity index (χ2v) is 1.83. The molecule has 0 rings (SSSR count). The van der Waals surface area contributed by atoms with Crippen LogP contribution in [0.4, 0.5) is 0 Å². The molecule has 0 radical (unpaired) electrons. The predicted octanol–water partition coefficient (Wildman–Crippen LogP) is -2.19. The molecule has 0 saturated heterocycles. The van der Waals surface area contributed by atoms with Crippen molar-refractivity contribution in [1.29, 1.82) is 0 Å². The first-order valence-electron chi connectivity index (χ1n) is 2.87. The molecule has 9 heavy (non-hydrogen) atoms. The Labute approximate surface area is 55.7 Å². The quantitative estimate of drug-likeness (QED) is 0.293. The van der Waals surface area contributed by atoms with E-state index in [-0.39, 0.29) is 12.6 Å². The summed E-state index contributed by atoms with van der Waals surface area (Å²) in [5.41, 5.74) is 5.35. The number of hydrogen-bond acceptors (Lipinski definition) is 4. The summed E-state index contributed by atoms with van der Waals surface area (Å²) < 4.78 is 4.69. The highest BCUT2D eigenvalue weighted by molar-refractivity contribution is 6.23. The molecular formula is C4H13BN2O2. The normalized spacial score (nSPS) is 13.2. The summed E-state index contributed by atoms with van der Waals surface area (Å²) in [6.45, 7) is 0.598. The highest BCUT2D eigenvalue weighted by atomic mass is 16.4. The van der Waals surface area contributed by atoms with Gasteiger partial charge >= 0.3 is 7.62 Å². The molecule has 0 aromatic heterocycles. The first-order chi connectivity index (χ1) is 4.31. The highest BCUT2D eigenvalue weighted by Gasteiger charge is 1.97. The van der Waals surface area contributed by atoms with Crippen LogP contribution in [0.1, 0.15) is 0 Å². The van der Waals surface area contributed by atoms with Gasteiger partial charge in [-0.2, -0.15) is 0 Å². The molecule has 4 nitrogen and oxygen atoms in total. The summed E-state index contributed by atoms with van der Waals surface area (Å²) in [6.07, 6.45) is 0. The van der Waals surface area contributed by atoms with Crippen LogP contribution in [-0.4, -0.2) is 39.0 Å². The average molecular weight is 132 g/mol. The van der Waals surface area contributed by atoms with Gasteiger partial charge in [0.2, 0.25) is 0 Å². The molecule has 4 N–H and O–H groups in total. The average Bonchev–Trinajstić information content (AvgIpc) is 1.89. The van der Waals surface area contributed by atoms with Gasteiger partial charge in [0.15, 0.2) is 0 Å². The third-order valence-corrected chi connectivity index (χ3v) is 0.887. The monoisotopic (exact) mass is 132 g/mol. The van der Waals surface area contributed by atoms with Crippen molar-refractivity contribution >= 4 is 7.62 Å². The van der Waals surface area contributed by atoms with Gasteiger partial charge in [-0.3, -0.25) is 0 Å². The molecule has 0 aliphatic carbocycles. The van der Waals surface area contributed by atoms with Crippen molar-refractivity contribution < 1.29 is 9.76 Å². The van der Waals surface area contributed by atoms with Gasteiger partial charge in [0.25, 0.3) is 0 Å². The Balaban J connectivity index is 2.88. The molecule has 0 aliphatic heterocycles. The minimum absolute atomic E-state index is 0.0106. The lowest BCUT2D eigenvalue weighted by atomic mass is 10.2. The third kappa shape index (κ3) is 5.78. The van der Waals surface area contributed by atoms with Crippen LogP contribution in [0, 0.1) is 0 Å². The van der Waals surface area contributed by atoms with Crippen LogP contribution in [0.15, 0.2) is 0 Å². The molecule has 0 bridgehead atoms. The van der Waals surface area contributed by atoms with Crippen LogP contribution < -0.4 is 11.0 Å². The van der Waals surface area contributed by atoms with E-state index in [0.717, 1.165) is 0 Å². The van der Waals surface area contributed by atoms with Crippen LogP contribution in [0.25, 0.3) is 0 Å². The number of nitrogens with one attached hydrogen (secondary N) is 1. The standard InChI is InChI=1S/C4H13BN2O2/c1-9-5-7-2-4(6)3-8/h4-5,7-8H,2-3,6H2,1H3. The third-order valence-electron chi connectivity index (χ3n) is 0.887. The lowest BCUT2D eigenvalue weighted by Crippen LogP contribution is -2.38. The van der Waals surface area contributed by atoms with Crippen molar-refractivity contribution in [2.45, 2.75) is 6.04 Å². The fourth-order valence-corrected chi connectivity index (χ4v) is 0.411.